The molecule has 0 saturated heterocycles. The van der Waals surface area contributed by atoms with Crippen molar-refractivity contribution in [3.63, 3.8) is 0 Å². The highest BCUT2D eigenvalue weighted by Gasteiger charge is 2.38. The Labute approximate surface area is 649 Å². The molecule has 1 aliphatic carbocycles. The first-order valence-corrected chi connectivity index (χ1v) is 38.5. The topological polar surface area (TPSA) is 6.48 Å². The summed E-state index contributed by atoms with van der Waals surface area (Å²) in [4.78, 5) is 4.96. The van der Waals surface area contributed by atoms with Crippen molar-refractivity contribution >= 4 is 77.2 Å². The molecule has 0 heterocycles. The first-order chi connectivity index (χ1) is 54.8. The van der Waals surface area contributed by atoms with E-state index in [1.165, 1.54) is 104 Å². The van der Waals surface area contributed by atoms with Crippen LogP contribution in [0.25, 0.3) is 154 Å². The first kappa shape index (κ1) is 66.3. The third-order valence-electron chi connectivity index (χ3n) is 23.0. The summed E-state index contributed by atoms with van der Waals surface area (Å²) in [6.45, 7) is 4.83. The van der Waals surface area contributed by atoms with Gasteiger partial charge in [0.15, 0.2) is 0 Å². The lowest BCUT2D eigenvalue weighted by molar-refractivity contribution is 0.662. The Kier molecular flexibility index (Phi) is 16.6. The van der Waals surface area contributed by atoms with E-state index in [4.69, 9.17) is 0 Å². The molecule has 2 nitrogen and oxygen atoms in total. The van der Waals surface area contributed by atoms with Gasteiger partial charge < -0.3 is 9.80 Å². The van der Waals surface area contributed by atoms with Crippen LogP contribution < -0.4 is 9.80 Å². The lowest BCUT2D eigenvalue weighted by Gasteiger charge is -2.31. The molecule has 0 saturated carbocycles. The van der Waals surface area contributed by atoms with Crippen LogP contribution in [-0.4, -0.2) is 0 Å². The fourth-order valence-corrected chi connectivity index (χ4v) is 17.6. The fourth-order valence-electron chi connectivity index (χ4n) is 17.6. The second-order valence-electron chi connectivity index (χ2n) is 29.8. The second-order valence-corrected chi connectivity index (χ2v) is 29.8. The van der Waals surface area contributed by atoms with Gasteiger partial charge in [0.2, 0.25) is 0 Å². The van der Waals surface area contributed by atoms with Crippen LogP contribution in [-0.2, 0) is 5.41 Å². The molecular weight excluding hydrogens is 1340 g/mol. The Morgan fingerprint density at radius 2 is 0.495 bits per heavy atom. The number of fused-ring (bicyclic) bond motifs is 8. The summed E-state index contributed by atoms with van der Waals surface area (Å²) in [6, 6.07) is 157. The molecule has 19 aromatic rings. The minimum Gasteiger partial charge on any atom is -0.309 e. The van der Waals surface area contributed by atoms with Crippen LogP contribution in [0.5, 0.6) is 0 Å². The van der Waals surface area contributed by atoms with Crippen molar-refractivity contribution in [1.29, 1.82) is 0 Å². The van der Waals surface area contributed by atoms with Crippen LogP contribution in [0.1, 0.15) is 25.0 Å². The van der Waals surface area contributed by atoms with Crippen molar-refractivity contribution in [2.45, 2.75) is 19.3 Å². The van der Waals surface area contributed by atoms with Crippen molar-refractivity contribution in [2.75, 3.05) is 9.80 Å². The van der Waals surface area contributed by atoms with E-state index in [0.29, 0.717) is 0 Å². The lowest BCUT2D eigenvalue weighted by Crippen LogP contribution is -2.16. The summed E-state index contributed by atoms with van der Waals surface area (Å²) in [5, 5.41) is 9.81. The predicted molar refractivity (Wildman–Crippen MR) is 472 cm³/mol. The number of hydrogen-bond acceptors (Lipinski definition) is 2. The Morgan fingerprint density at radius 1 is 0.171 bits per heavy atom. The SMILES string of the molecule is CC1(C)c2cc(-c3ccc4c(ccc5cc(-c6ccc(N(c7ccccc7-c7ccccc7)c7cc(-c8cccc9ccccc89)ccc7-c7ccccc7)cc6)ccc54)c3)ccc2-c2cccc(-c3ccc(N(c4ccccc4-c4ccccc4)c4cc(-c5cccc6ccccc56)ccc4-c4ccccc4)cc3)c21. The molecule has 0 fully saturated rings. The Balaban J connectivity index is 0.620. The molecule has 0 amide bonds. The van der Waals surface area contributed by atoms with Crippen LogP contribution >= 0.6 is 0 Å². The highest BCUT2D eigenvalue weighted by molar-refractivity contribution is 6.10. The van der Waals surface area contributed by atoms with Crippen molar-refractivity contribution in [1.82, 2.24) is 0 Å². The quantitative estimate of drug-likeness (QED) is 0.0944. The van der Waals surface area contributed by atoms with Gasteiger partial charge in [-0.05, 0) is 210 Å². The van der Waals surface area contributed by atoms with E-state index in [1.807, 2.05) is 0 Å². The maximum Gasteiger partial charge on any atom is 0.0546 e. The molecule has 0 radical (unpaired) electrons. The molecule has 0 aliphatic heterocycles. The largest absolute Gasteiger partial charge is 0.309 e. The number of nitrogens with zero attached hydrogens (tertiary/aromatic N) is 2. The van der Waals surface area contributed by atoms with E-state index in [9.17, 15) is 0 Å². The Bertz CT molecular complexity index is 6750. The molecule has 0 unspecified atom stereocenters. The van der Waals surface area contributed by atoms with Crippen LogP contribution in [0.2, 0.25) is 0 Å². The maximum absolute atomic E-state index is 2.49. The standard InChI is InChI=1S/C109H76N2/c1-109(2)103-70-83(56-67-101(103)102-45-25-44-100(108(102)109)80-52-61-89(62-53-80)111(105-47-22-20-41-97(105)77-28-9-4-10-29-77)107-72-87(58-66-99(107)79-32-13-6-14-33-79)93-43-24-37-75-35-16-18-39-91(75)93)82-55-64-95-85(69-82)49-48-84-68-81(54-63-94(84)95)73-50-59-88(60-51-73)110(104-46-21-19-40-96(104)76-26-7-3-8-27-76)106-71-86(57-65-98(106)78-30-11-5-12-31-78)92-42-23-36-74-34-15-17-38-90(74)92/h3-72H,1-2H3. The van der Waals surface area contributed by atoms with Crippen molar-refractivity contribution in [3.8, 4) is 111 Å². The van der Waals surface area contributed by atoms with Gasteiger partial charge in [0.25, 0.3) is 0 Å². The minimum absolute atomic E-state index is 0.294. The molecule has 20 rings (SSSR count). The third kappa shape index (κ3) is 11.9. The number of benzene rings is 19. The van der Waals surface area contributed by atoms with Crippen LogP contribution in [0.4, 0.5) is 34.1 Å². The van der Waals surface area contributed by atoms with Crippen LogP contribution in [0.3, 0.4) is 0 Å². The van der Waals surface area contributed by atoms with Crippen molar-refractivity contribution < 1.29 is 0 Å². The molecule has 0 spiro atoms. The van der Waals surface area contributed by atoms with Gasteiger partial charge in [0, 0.05) is 39.0 Å². The third-order valence-corrected chi connectivity index (χ3v) is 23.0. The smallest absolute Gasteiger partial charge is 0.0546 e. The molecule has 111 heavy (non-hydrogen) atoms. The minimum atomic E-state index is -0.294. The van der Waals surface area contributed by atoms with Gasteiger partial charge in [0.1, 0.15) is 0 Å². The van der Waals surface area contributed by atoms with Gasteiger partial charge in [-0.2, -0.15) is 0 Å². The van der Waals surface area contributed by atoms with Gasteiger partial charge in [-0.1, -0.05) is 372 Å². The van der Waals surface area contributed by atoms with Crippen molar-refractivity contribution in [3.05, 3.63) is 436 Å². The van der Waals surface area contributed by atoms with Crippen molar-refractivity contribution in [2.24, 2.45) is 0 Å². The van der Waals surface area contributed by atoms with E-state index in [-0.39, 0.29) is 5.41 Å². The normalized spacial score (nSPS) is 12.1. The average Bonchev–Trinajstić information content (AvgIpc) is 1.64. The summed E-state index contributed by atoms with van der Waals surface area (Å²) in [6.07, 6.45) is 0. The molecule has 0 aromatic heterocycles. The highest BCUT2D eigenvalue weighted by atomic mass is 15.2. The summed E-state index contributed by atoms with van der Waals surface area (Å²) in [7, 11) is 0. The van der Waals surface area contributed by atoms with E-state index in [2.05, 4.69) is 448 Å². The average molecular weight is 1410 g/mol. The summed E-state index contributed by atoms with van der Waals surface area (Å²) >= 11 is 0. The molecule has 2 heteroatoms. The molecule has 1 aliphatic rings. The molecule has 522 valence electrons. The molecule has 0 bridgehead atoms. The lowest BCUT2D eigenvalue weighted by atomic mass is 9.78. The van der Waals surface area contributed by atoms with Gasteiger partial charge in [-0.3, -0.25) is 0 Å². The maximum atomic E-state index is 2.49. The number of hydrogen-bond donors (Lipinski definition) is 0. The van der Waals surface area contributed by atoms with E-state index < -0.39 is 0 Å². The van der Waals surface area contributed by atoms with Crippen LogP contribution in [0.15, 0.2) is 425 Å². The van der Waals surface area contributed by atoms with Crippen LogP contribution in [0, 0.1) is 0 Å². The van der Waals surface area contributed by atoms with Gasteiger partial charge in [-0.15, -0.1) is 0 Å². The van der Waals surface area contributed by atoms with E-state index in [1.54, 1.807) is 0 Å². The molecule has 0 atom stereocenters. The Hall–Kier alpha value is -14.2. The fraction of sp³-hybridized carbons (Fsp3) is 0.0275. The number of rotatable bonds is 15. The Morgan fingerprint density at radius 3 is 0.982 bits per heavy atom. The number of anilines is 6. The molecule has 0 N–H and O–H groups in total. The summed E-state index contributed by atoms with van der Waals surface area (Å²) in [5.41, 5.74) is 32.7. The zero-order valence-electron chi connectivity index (χ0n) is 61.8. The highest BCUT2D eigenvalue weighted by Crippen LogP contribution is 2.55. The van der Waals surface area contributed by atoms with E-state index in [0.717, 1.165) is 95.3 Å². The molecular formula is C109H76N2. The summed E-state index contributed by atoms with van der Waals surface area (Å²) < 4.78 is 0. The van der Waals surface area contributed by atoms with E-state index >= 15 is 0 Å². The molecule has 19 aromatic carbocycles. The summed E-state index contributed by atoms with van der Waals surface area (Å²) in [5.74, 6) is 0. The van der Waals surface area contributed by atoms with Gasteiger partial charge in [0.05, 0.1) is 22.7 Å². The monoisotopic (exact) mass is 1410 g/mol. The first-order valence-electron chi connectivity index (χ1n) is 38.5. The second kappa shape index (κ2) is 27.9. The predicted octanol–water partition coefficient (Wildman–Crippen LogP) is 30.5. The zero-order valence-corrected chi connectivity index (χ0v) is 61.8. The van der Waals surface area contributed by atoms with Gasteiger partial charge in [-0.25, -0.2) is 0 Å². The zero-order chi connectivity index (χ0) is 73.9. The van der Waals surface area contributed by atoms with Gasteiger partial charge >= 0.3 is 0 Å². The number of para-hydroxylation sites is 2.